The molecule has 1 heterocycles. The van der Waals surface area contributed by atoms with Crippen molar-refractivity contribution in [1.29, 1.82) is 0 Å². The van der Waals surface area contributed by atoms with Crippen molar-refractivity contribution >= 4 is 34.3 Å². The number of hydrogen-bond donors (Lipinski definition) is 1. The van der Waals surface area contributed by atoms with Crippen molar-refractivity contribution in [3.05, 3.63) is 96.7 Å². The molecule has 1 N–H and O–H groups in total. The van der Waals surface area contributed by atoms with Gasteiger partial charge < -0.3 is 10.1 Å². The van der Waals surface area contributed by atoms with Gasteiger partial charge in [-0.25, -0.2) is 0 Å². The zero-order valence-corrected chi connectivity index (χ0v) is 17.4. The Morgan fingerprint density at radius 2 is 1.70 bits per heavy atom. The number of thioether (sulfide) groups is 1. The summed E-state index contributed by atoms with van der Waals surface area (Å²) in [6.45, 7) is 2.46. The van der Waals surface area contributed by atoms with Crippen molar-refractivity contribution in [3.63, 3.8) is 0 Å². The highest BCUT2D eigenvalue weighted by atomic mass is 32.2. The standard InChI is InChI=1S/C25H22N2O2S/c1-2-29-22-15-9-8-14-21(22)27-25(28)24(18-10-4-3-5-11-18)30-23-16-17-26-20-13-7-6-12-19(20)23/h3-17,24H,2H2,1H3,(H,27,28). The molecule has 1 aromatic heterocycles. The average Bonchev–Trinajstić information content (AvgIpc) is 2.79. The van der Waals surface area contributed by atoms with E-state index in [9.17, 15) is 4.79 Å². The van der Waals surface area contributed by atoms with Gasteiger partial charge in [0, 0.05) is 16.5 Å². The molecule has 1 atom stereocenters. The van der Waals surface area contributed by atoms with E-state index in [0.29, 0.717) is 18.0 Å². The number of carbonyl (C=O) groups is 1. The van der Waals surface area contributed by atoms with Crippen LogP contribution in [0.2, 0.25) is 0 Å². The Hall–Kier alpha value is -3.31. The second-order valence-electron chi connectivity index (χ2n) is 6.65. The fourth-order valence-electron chi connectivity index (χ4n) is 3.25. The lowest BCUT2D eigenvalue weighted by Gasteiger charge is -2.19. The number of rotatable bonds is 7. The first-order valence-corrected chi connectivity index (χ1v) is 10.7. The Kier molecular flexibility index (Phi) is 6.30. The second kappa shape index (κ2) is 9.46. The number of fused-ring (bicyclic) bond motifs is 1. The summed E-state index contributed by atoms with van der Waals surface area (Å²) in [4.78, 5) is 18.9. The summed E-state index contributed by atoms with van der Waals surface area (Å²) in [5.41, 5.74) is 2.52. The third-order valence-corrected chi connectivity index (χ3v) is 5.97. The number of ether oxygens (including phenoxy) is 1. The van der Waals surface area contributed by atoms with Crippen LogP contribution in [0.5, 0.6) is 5.75 Å². The van der Waals surface area contributed by atoms with Gasteiger partial charge in [-0.3, -0.25) is 9.78 Å². The predicted molar refractivity (Wildman–Crippen MR) is 123 cm³/mol. The van der Waals surface area contributed by atoms with Crippen LogP contribution in [0.3, 0.4) is 0 Å². The molecule has 4 aromatic rings. The van der Waals surface area contributed by atoms with Crippen LogP contribution < -0.4 is 10.1 Å². The molecule has 4 rings (SSSR count). The maximum absolute atomic E-state index is 13.4. The highest BCUT2D eigenvalue weighted by molar-refractivity contribution is 8.00. The molecule has 0 spiro atoms. The predicted octanol–water partition coefficient (Wildman–Crippen LogP) is 6.11. The van der Waals surface area contributed by atoms with Gasteiger partial charge in [-0.05, 0) is 36.8 Å². The molecule has 5 heteroatoms. The summed E-state index contributed by atoms with van der Waals surface area (Å²) in [7, 11) is 0. The number of para-hydroxylation sites is 3. The van der Waals surface area contributed by atoms with Crippen LogP contribution in [0.1, 0.15) is 17.7 Å². The van der Waals surface area contributed by atoms with E-state index < -0.39 is 5.25 Å². The number of hydrogen-bond acceptors (Lipinski definition) is 4. The van der Waals surface area contributed by atoms with Crippen LogP contribution in [0.25, 0.3) is 10.9 Å². The van der Waals surface area contributed by atoms with Gasteiger partial charge in [-0.2, -0.15) is 0 Å². The number of aromatic nitrogens is 1. The Morgan fingerprint density at radius 3 is 2.53 bits per heavy atom. The molecule has 1 unspecified atom stereocenters. The number of anilines is 1. The molecule has 0 aliphatic carbocycles. The number of nitrogens with zero attached hydrogens (tertiary/aromatic N) is 1. The van der Waals surface area contributed by atoms with Crippen LogP contribution in [-0.2, 0) is 4.79 Å². The van der Waals surface area contributed by atoms with E-state index in [-0.39, 0.29) is 5.91 Å². The minimum atomic E-state index is -0.424. The van der Waals surface area contributed by atoms with Gasteiger partial charge in [0.05, 0.1) is 17.8 Å². The molecule has 1 amide bonds. The molecular weight excluding hydrogens is 392 g/mol. The summed E-state index contributed by atoms with van der Waals surface area (Å²) < 4.78 is 5.67. The lowest BCUT2D eigenvalue weighted by molar-refractivity contribution is -0.115. The van der Waals surface area contributed by atoms with Crippen molar-refractivity contribution < 1.29 is 9.53 Å². The quantitative estimate of drug-likeness (QED) is 0.371. The largest absolute Gasteiger partial charge is 0.492 e. The van der Waals surface area contributed by atoms with E-state index in [1.54, 1.807) is 6.20 Å². The Morgan fingerprint density at radius 1 is 0.967 bits per heavy atom. The molecule has 150 valence electrons. The van der Waals surface area contributed by atoms with Gasteiger partial charge in [0.15, 0.2) is 0 Å². The minimum absolute atomic E-state index is 0.0979. The number of amides is 1. The maximum Gasteiger partial charge on any atom is 0.242 e. The fraction of sp³-hybridized carbons (Fsp3) is 0.120. The first-order valence-electron chi connectivity index (χ1n) is 9.84. The summed E-state index contributed by atoms with van der Waals surface area (Å²) in [5, 5.41) is 3.67. The summed E-state index contributed by atoms with van der Waals surface area (Å²) in [6, 6.07) is 27.3. The molecule has 0 bridgehead atoms. The monoisotopic (exact) mass is 414 g/mol. The van der Waals surface area contributed by atoms with Gasteiger partial charge in [0.25, 0.3) is 0 Å². The zero-order chi connectivity index (χ0) is 20.8. The Balaban J connectivity index is 1.68. The number of carbonyl (C=O) groups excluding carboxylic acids is 1. The Labute approximate surface area is 180 Å². The van der Waals surface area contributed by atoms with E-state index in [1.807, 2.05) is 91.9 Å². The van der Waals surface area contributed by atoms with E-state index in [2.05, 4.69) is 10.3 Å². The second-order valence-corrected chi connectivity index (χ2v) is 7.80. The molecular formula is C25H22N2O2S. The molecule has 30 heavy (non-hydrogen) atoms. The fourth-order valence-corrected chi connectivity index (χ4v) is 4.40. The topological polar surface area (TPSA) is 51.2 Å². The first kappa shape index (κ1) is 20.0. The van der Waals surface area contributed by atoms with Crippen LogP contribution >= 0.6 is 11.8 Å². The molecule has 0 fully saturated rings. The molecule has 0 aliphatic rings. The number of benzene rings is 3. The van der Waals surface area contributed by atoms with Crippen molar-refractivity contribution in [2.24, 2.45) is 0 Å². The van der Waals surface area contributed by atoms with E-state index in [4.69, 9.17) is 4.74 Å². The zero-order valence-electron chi connectivity index (χ0n) is 16.6. The lowest BCUT2D eigenvalue weighted by Crippen LogP contribution is -2.19. The van der Waals surface area contributed by atoms with Crippen molar-refractivity contribution in [2.75, 3.05) is 11.9 Å². The summed E-state index contributed by atoms with van der Waals surface area (Å²) >= 11 is 1.53. The molecule has 0 saturated carbocycles. The third-order valence-electron chi connectivity index (χ3n) is 4.64. The van der Waals surface area contributed by atoms with Gasteiger partial charge in [-0.15, -0.1) is 11.8 Å². The lowest BCUT2D eigenvalue weighted by atomic mass is 10.1. The number of pyridine rings is 1. The minimum Gasteiger partial charge on any atom is -0.492 e. The van der Waals surface area contributed by atoms with Gasteiger partial charge in [0.1, 0.15) is 11.0 Å². The molecule has 0 aliphatic heterocycles. The Bertz CT molecular complexity index is 1140. The molecule has 0 radical (unpaired) electrons. The number of nitrogens with one attached hydrogen (secondary N) is 1. The van der Waals surface area contributed by atoms with Crippen molar-refractivity contribution in [3.8, 4) is 5.75 Å². The highest BCUT2D eigenvalue weighted by Gasteiger charge is 2.24. The van der Waals surface area contributed by atoms with Gasteiger partial charge >= 0.3 is 0 Å². The summed E-state index contributed by atoms with van der Waals surface area (Å²) in [5.74, 6) is 0.568. The van der Waals surface area contributed by atoms with Crippen molar-refractivity contribution in [1.82, 2.24) is 4.98 Å². The summed E-state index contributed by atoms with van der Waals surface area (Å²) in [6.07, 6.45) is 1.79. The molecule has 0 saturated heterocycles. The smallest absolute Gasteiger partial charge is 0.242 e. The van der Waals surface area contributed by atoms with E-state index in [1.165, 1.54) is 11.8 Å². The highest BCUT2D eigenvalue weighted by Crippen LogP contribution is 2.39. The molecule has 3 aromatic carbocycles. The van der Waals surface area contributed by atoms with E-state index in [0.717, 1.165) is 21.4 Å². The SMILES string of the molecule is CCOc1ccccc1NC(=O)C(Sc1ccnc2ccccc12)c1ccccc1. The van der Waals surface area contributed by atoms with Gasteiger partial charge in [-0.1, -0.05) is 60.7 Å². The van der Waals surface area contributed by atoms with Crippen LogP contribution in [-0.4, -0.2) is 17.5 Å². The van der Waals surface area contributed by atoms with Crippen LogP contribution in [0, 0.1) is 0 Å². The van der Waals surface area contributed by atoms with Crippen LogP contribution in [0.15, 0.2) is 96.0 Å². The van der Waals surface area contributed by atoms with Crippen LogP contribution in [0.4, 0.5) is 5.69 Å². The van der Waals surface area contributed by atoms with Gasteiger partial charge in [0.2, 0.25) is 5.91 Å². The normalized spacial score (nSPS) is 11.8. The average molecular weight is 415 g/mol. The van der Waals surface area contributed by atoms with E-state index >= 15 is 0 Å². The maximum atomic E-state index is 13.4. The van der Waals surface area contributed by atoms with Crippen molar-refractivity contribution in [2.45, 2.75) is 17.1 Å². The molecule has 4 nitrogen and oxygen atoms in total. The first-order chi connectivity index (χ1) is 14.8. The third kappa shape index (κ3) is 4.47.